The van der Waals surface area contributed by atoms with Crippen LogP contribution in [0.2, 0.25) is 0 Å². The number of methoxy groups -OCH3 is 1. The van der Waals surface area contributed by atoms with Gasteiger partial charge in [0, 0.05) is 18.1 Å². The van der Waals surface area contributed by atoms with Crippen LogP contribution in [-0.2, 0) is 4.79 Å². The number of rotatable bonds is 3. The number of amides is 1. The third-order valence-electron chi connectivity index (χ3n) is 4.39. The highest BCUT2D eigenvalue weighted by Gasteiger charge is 2.50. The first-order chi connectivity index (χ1) is 10.8. The second-order valence-corrected chi connectivity index (χ2v) is 6.44. The number of benzene rings is 1. The number of carbonyl (C=O) groups excluding carboxylic acids is 1. The minimum atomic E-state index is -0.0822. The highest BCUT2D eigenvalue weighted by atomic mass is 32.1. The van der Waals surface area contributed by atoms with Crippen molar-refractivity contribution in [3.05, 3.63) is 41.4 Å². The highest BCUT2D eigenvalue weighted by Crippen LogP contribution is 2.43. The van der Waals surface area contributed by atoms with Crippen molar-refractivity contribution < 1.29 is 9.53 Å². The number of anilines is 1. The van der Waals surface area contributed by atoms with Crippen molar-refractivity contribution >= 4 is 22.4 Å². The van der Waals surface area contributed by atoms with Crippen molar-refractivity contribution in [3.63, 3.8) is 0 Å². The fourth-order valence-corrected chi connectivity index (χ4v) is 4.12. The highest BCUT2D eigenvalue weighted by molar-refractivity contribution is 7.13. The lowest BCUT2D eigenvalue weighted by Gasteiger charge is -2.28. The van der Waals surface area contributed by atoms with Gasteiger partial charge in [0.25, 0.3) is 0 Å². The lowest BCUT2D eigenvalue weighted by molar-refractivity contribution is -0.119. The number of ether oxygens (including phenoxy) is 1. The average molecular weight is 315 g/mol. The molecule has 0 N–H and O–H groups in total. The predicted octanol–water partition coefficient (Wildman–Crippen LogP) is 2.66. The molecule has 114 valence electrons. The number of hydrogen-bond acceptors (Lipinski definition) is 5. The molecule has 0 unspecified atom stereocenters. The number of hydrogen-bond donors (Lipinski definition) is 0. The molecular weight excluding hydrogens is 298 g/mol. The first kappa shape index (κ1) is 13.7. The molecule has 0 saturated carbocycles. The van der Waals surface area contributed by atoms with Crippen LogP contribution in [0.5, 0.6) is 5.75 Å². The molecule has 2 fully saturated rings. The van der Waals surface area contributed by atoms with E-state index in [0.717, 1.165) is 35.8 Å². The summed E-state index contributed by atoms with van der Waals surface area (Å²) < 4.78 is 5.34. The van der Waals surface area contributed by atoms with E-state index in [2.05, 4.69) is 16.0 Å². The van der Waals surface area contributed by atoms with Crippen molar-refractivity contribution in [3.8, 4) is 5.75 Å². The zero-order valence-corrected chi connectivity index (χ0v) is 13.1. The Morgan fingerprint density at radius 1 is 1.41 bits per heavy atom. The van der Waals surface area contributed by atoms with Gasteiger partial charge in [-0.3, -0.25) is 14.6 Å². The summed E-state index contributed by atoms with van der Waals surface area (Å²) in [5.41, 5.74) is 1.08. The molecule has 0 bridgehead atoms. The van der Waals surface area contributed by atoms with E-state index < -0.39 is 0 Å². The van der Waals surface area contributed by atoms with Gasteiger partial charge >= 0.3 is 0 Å². The third-order valence-corrected chi connectivity index (χ3v) is 5.16. The van der Waals surface area contributed by atoms with E-state index in [-0.39, 0.29) is 18.1 Å². The lowest BCUT2D eigenvalue weighted by atomic mass is 10.1. The number of aromatic nitrogens is 1. The largest absolute Gasteiger partial charge is 0.497 e. The number of fused-ring (bicyclic) bond motifs is 1. The van der Waals surface area contributed by atoms with Crippen LogP contribution in [0, 0.1) is 0 Å². The van der Waals surface area contributed by atoms with Gasteiger partial charge in [0.1, 0.15) is 11.9 Å². The minimum absolute atomic E-state index is 0.0138. The van der Waals surface area contributed by atoms with E-state index in [4.69, 9.17) is 4.74 Å². The first-order valence-electron chi connectivity index (χ1n) is 7.42. The predicted molar refractivity (Wildman–Crippen MR) is 85.1 cm³/mol. The molecule has 2 aliphatic rings. The van der Waals surface area contributed by atoms with E-state index in [0.29, 0.717) is 0 Å². The molecule has 4 rings (SSSR count). The summed E-state index contributed by atoms with van der Waals surface area (Å²) in [4.78, 5) is 21.3. The van der Waals surface area contributed by atoms with Crippen LogP contribution in [-0.4, -0.2) is 35.5 Å². The van der Waals surface area contributed by atoms with Gasteiger partial charge in [-0.25, -0.2) is 4.98 Å². The second-order valence-electron chi connectivity index (χ2n) is 5.57. The van der Waals surface area contributed by atoms with Crippen molar-refractivity contribution in [2.45, 2.75) is 25.0 Å². The first-order valence-corrected chi connectivity index (χ1v) is 8.30. The van der Waals surface area contributed by atoms with E-state index in [9.17, 15) is 4.79 Å². The Balaban J connectivity index is 1.80. The summed E-state index contributed by atoms with van der Waals surface area (Å²) in [6, 6.07) is 7.96. The maximum absolute atomic E-state index is 12.8. The average Bonchev–Trinajstić information content (AvgIpc) is 3.25. The topological polar surface area (TPSA) is 45.7 Å². The van der Waals surface area contributed by atoms with Gasteiger partial charge in [-0.15, -0.1) is 11.3 Å². The quantitative estimate of drug-likeness (QED) is 0.873. The van der Waals surface area contributed by atoms with Crippen molar-refractivity contribution in [2.75, 3.05) is 18.6 Å². The smallest absolute Gasteiger partial charge is 0.247 e. The Morgan fingerprint density at radius 2 is 2.32 bits per heavy atom. The Morgan fingerprint density at radius 3 is 3.09 bits per heavy atom. The molecule has 1 amide bonds. The molecule has 0 radical (unpaired) electrons. The van der Waals surface area contributed by atoms with Gasteiger partial charge < -0.3 is 4.74 Å². The van der Waals surface area contributed by atoms with Crippen molar-refractivity contribution in [1.29, 1.82) is 0 Å². The zero-order valence-electron chi connectivity index (χ0n) is 12.3. The van der Waals surface area contributed by atoms with E-state index in [1.165, 1.54) is 11.3 Å². The summed E-state index contributed by atoms with van der Waals surface area (Å²) in [5, 5.41) is 2.68. The second kappa shape index (κ2) is 5.37. The summed E-state index contributed by atoms with van der Waals surface area (Å²) in [6.45, 7) is 0.945. The Bertz CT molecular complexity index is 688. The molecule has 5 nitrogen and oxygen atoms in total. The van der Waals surface area contributed by atoms with Crippen LogP contribution >= 0.6 is 11.3 Å². The number of carbonyl (C=O) groups is 1. The summed E-state index contributed by atoms with van der Waals surface area (Å²) in [7, 11) is 1.66. The Labute approximate surface area is 133 Å². The third kappa shape index (κ3) is 2.02. The molecular formula is C16H17N3O2S. The van der Waals surface area contributed by atoms with Gasteiger partial charge in [-0.2, -0.15) is 0 Å². The number of thiazole rings is 1. The normalized spacial score (nSPS) is 24.8. The molecule has 1 aromatic heterocycles. The molecule has 2 atom stereocenters. The molecule has 2 aliphatic heterocycles. The van der Waals surface area contributed by atoms with Gasteiger partial charge in [-0.05, 0) is 30.5 Å². The maximum Gasteiger partial charge on any atom is 0.247 e. The molecule has 0 spiro atoms. The van der Waals surface area contributed by atoms with Crippen LogP contribution in [0.1, 0.15) is 24.6 Å². The monoisotopic (exact) mass is 315 g/mol. The van der Waals surface area contributed by atoms with Crippen LogP contribution in [0.3, 0.4) is 0 Å². The SMILES string of the molecule is COc1cccc([C@H]2N(c3nccs3)C(=O)[C@@H]3CCCN32)c1. The van der Waals surface area contributed by atoms with E-state index in [1.807, 2.05) is 28.5 Å². The van der Waals surface area contributed by atoms with Crippen LogP contribution in [0.15, 0.2) is 35.8 Å². The van der Waals surface area contributed by atoms with Gasteiger partial charge in [-0.1, -0.05) is 12.1 Å². The van der Waals surface area contributed by atoms with Gasteiger partial charge in [0.2, 0.25) is 5.91 Å². The number of nitrogens with zero attached hydrogens (tertiary/aromatic N) is 3. The van der Waals surface area contributed by atoms with Crippen LogP contribution in [0.25, 0.3) is 0 Å². The summed E-state index contributed by atoms with van der Waals surface area (Å²) in [5.74, 6) is 0.979. The van der Waals surface area contributed by atoms with Crippen LogP contribution < -0.4 is 9.64 Å². The van der Waals surface area contributed by atoms with Gasteiger partial charge in [0.05, 0.1) is 13.2 Å². The molecule has 2 saturated heterocycles. The maximum atomic E-state index is 12.8. The fourth-order valence-electron chi connectivity index (χ4n) is 3.45. The van der Waals surface area contributed by atoms with E-state index in [1.54, 1.807) is 13.3 Å². The standard InChI is InChI=1S/C16H17N3O2S/c1-21-12-5-2-4-11(10-12)14-18-8-3-6-13(18)15(20)19(14)16-17-7-9-22-16/h2,4-5,7,9-10,13-14H,3,6,8H2,1H3/t13-,14+/m0/s1. The van der Waals surface area contributed by atoms with Crippen LogP contribution in [0.4, 0.5) is 5.13 Å². The van der Waals surface area contributed by atoms with Gasteiger partial charge in [0.15, 0.2) is 5.13 Å². The van der Waals surface area contributed by atoms with Crippen molar-refractivity contribution in [2.24, 2.45) is 0 Å². The molecule has 2 aromatic rings. The lowest BCUT2D eigenvalue weighted by Crippen LogP contribution is -2.32. The summed E-state index contributed by atoms with van der Waals surface area (Å²) in [6.07, 6.45) is 3.67. The molecule has 0 aliphatic carbocycles. The van der Waals surface area contributed by atoms with E-state index >= 15 is 0 Å². The summed E-state index contributed by atoms with van der Waals surface area (Å²) >= 11 is 1.51. The molecule has 6 heteroatoms. The zero-order chi connectivity index (χ0) is 15.1. The fraction of sp³-hybridized carbons (Fsp3) is 0.375. The Hall–Kier alpha value is -1.92. The van der Waals surface area contributed by atoms with Crippen molar-refractivity contribution in [1.82, 2.24) is 9.88 Å². The molecule has 3 heterocycles. The molecule has 22 heavy (non-hydrogen) atoms. The minimum Gasteiger partial charge on any atom is -0.497 e. The Kier molecular flexibility index (Phi) is 3.35. The molecule has 1 aromatic carbocycles.